The minimum absolute atomic E-state index is 0.0552. The van der Waals surface area contributed by atoms with Gasteiger partial charge in [0.05, 0.1) is 12.2 Å². The summed E-state index contributed by atoms with van der Waals surface area (Å²) in [6.07, 6.45) is 2.70. The van der Waals surface area contributed by atoms with E-state index in [2.05, 4.69) is 20.6 Å². The van der Waals surface area contributed by atoms with Crippen LogP contribution in [0.4, 0.5) is 0 Å². The number of allylic oxidation sites excluding steroid dienone is 2. The Labute approximate surface area is 212 Å². The number of rotatable bonds is 8. The molecule has 3 heterocycles. The molecule has 198 valence electrons. The molecule has 1 N–H and O–H groups in total. The molecule has 0 bridgehead atoms. The lowest BCUT2D eigenvalue weighted by atomic mass is 9.73. The van der Waals surface area contributed by atoms with Crippen molar-refractivity contribution in [1.29, 1.82) is 0 Å². The number of carbonyl (C=O) groups is 2. The van der Waals surface area contributed by atoms with Gasteiger partial charge in [0.15, 0.2) is 17.7 Å². The van der Waals surface area contributed by atoms with Crippen molar-refractivity contribution in [3.05, 3.63) is 51.8 Å². The molecule has 0 spiro atoms. The molecule has 13 nitrogen and oxygen atoms in total. The number of tetrazole rings is 1. The van der Waals surface area contributed by atoms with Gasteiger partial charge in [-0.3, -0.25) is 14.4 Å². The highest BCUT2D eigenvalue weighted by molar-refractivity contribution is 6.04. The molecule has 0 saturated heterocycles. The molecule has 37 heavy (non-hydrogen) atoms. The van der Waals surface area contributed by atoms with E-state index < -0.39 is 29.0 Å². The van der Waals surface area contributed by atoms with Crippen molar-refractivity contribution in [2.75, 3.05) is 6.61 Å². The van der Waals surface area contributed by atoms with Crippen molar-refractivity contribution in [1.82, 2.24) is 30.0 Å². The number of Topliss-reactive ketones (excluding diaryl/α,β-unsaturated/α-hetero) is 1. The van der Waals surface area contributed by atoms with Crippen LogP contribution in [0.3, 0.4) is 0 Å². The minimum Gasteiger partial charge on any atom is -0.484 e. The lowest BCUT2D eigenvalue weighted by molar-refractivity contribution is -0.186. The van der Waals surface area contributed by atoms with Gasteiger partial charge < -0.3 is 19.3 Å². The molecule has 13 heteroatoms. The van der Waals surface area contributed by atoms with E-state index in [1.54, 1.807) is 32.9 Å². The van der Waals surface area contributed by atoms with Gasteiger partial charge in [0.2, 0.25) is 5.88 Å². The van der Waals surface area contributed by atoms with Crippen LogP contribution in [0.15, 0.2) is 40.4 Å². The van der Waals surface area contributed by atoms with Gasteiger partial charge in [-0.05, 0) is 50.6 Å². The Morgan fingerprint density at radius 1 is 1.24 bits per heavy atom. The van der Waals surface area contributed by atoms with Crippen LogP contribution in [0.5, 0.6) is 5.88 Å². The van der Waals surface area contributed by atoms with Crippen molar-refractivity contribution < 1.29 is 28.9 Å². The summed E-state index contributed by atoms with van der Waals surface area (Å²) in [7, 11) is 1.47. The second-order valence-corrected chi connectivity index (χ2v) is 9.54. The highest BCUT2D eigenvalue weighted by Gasteiger charge is 2.57. The first-order valence-electron chi connectivity index (χ1n) is 12.0. The van der Waals surface area contributed by atoms with Crippen LogP contribution in [0.2, 0.25) is 0 Å². The number of ether oxygens (including phenoxy) is 3. The molecular formula is C24H30N6O7. The number of aryl methyl sites for hydroxylation is 2. The maximum Gasteiger partial charge on any atom is 0.305 e. The zero-order chi connectivity index (χ0) is 27.0. The van der Waals surface area contributed by atoms with Crippen LogP contribution in [0.1, 0.15) is 52.3 Å². The van der Waals surface area contributed by atoms with Crippen LogP contribution in [0, 0.1) is 0 Å². The summed E-state index contributed by atoms with van der Waals surface area (Å²) in [4.78, 5) is 37.3. The summed E-state index contributed by atoms with van der Waals surface area (Å²) >= 11 is 0. The molecule has 0 radical (unpaired) electrons. The maximum absolute atomic E-state index is 13.9. The van der Waals surface area contributed by atoms with Gasteiger partial charge in [0.25, 0.3) is 5.56 Å². The number of aromatic nitrogens is 6. The van der Waals surface area contributed by atoms with Crippen molar-refractivity contribution in [3.8, 4) is 5.88 Å². The molecule has 2 aromatic rings. The number of esters is 1. The first kappa shape index (κ1) is 26.2. The minimum atomic E-state index is -1.67. The highest BCUT2D eigenvalue weighted by Crippen LogP contribution is 2.45. The molecule has 0 saturated carbocycles. The van der Waals surface area contributed by atoms with Crippen LogP contribution in [0.25, 0.3) is 0 Å². The summed E-state index contributed by atoms with van der Waals surface area (Å²) in [6.45, 7) is 7.23. The second-order valence-electron chi connectivity index (χ2n) is 9.54. The molecule has 1 aliphatic carbocycles. The fraction of sp³-hybridized carbons (Fsp3) is 0.542. The average molecular weight is 515 g/mol. The van der Waals surface area contributed by atoms with E-state index in [4.69, 9.17) is 14.2 Å². The summed E-state index contributed by atoms with van der Waals surface area (Å²) in [5.74, 6) is -1.02. The molecule has 4 rings (SSSR count). The van der Waals surface area contributed by atoms with Gasteiger partial charge in [-0.1, -0.05) is 6.08 Å². The predicted octanol–water partition coefficient (Wildman–Crippen LogP) is 0.594. The van der Waals surface area contributed by atoms with Crippen molar-refractivity contribution in [2.24, 2.45) is 7.05 Å². The van der Waals surface area contributed by atoms with Crippen molar-refractivity contribution in [3.63, 3.8) is 0 Å². The lowest BCUT2D eigenvalue weighted by Crippen LogP contribution is -2.63. The van der Waals surface area contributed by atoms with Crippen LogP contribution in [-0.4, -0.2) is 70.8 Å². The van der Waals surface area contributed by atoms with E-state index in [0.29, 0.717) is 19.6 Å². The van der Waals surface area contributed by atoms with Gasteiger partial charge in [-0.2, -0.15) is 0 Å². The number of carbonyl (C=O) groups excluding carboxylic acids is 2. The van der Waals surface area contributed by atoms with Crippen molar-refractivity contribution >= 4 is 11.8 Å². The zero-order valence-corrected chi connectivity index (χ0v) is 21.4. The monoisotopic (exact) mass is 514 g/mol. The van der Waals surface area contributed by atoms with E-state index in [-0.39, 0.29) is 41.0 Å². The summed E-state index contributed by atoms with van der Waals surface area (Å²) in [6, 6.07) is 2.67. The van der Waals surface area contributed by atoms with Gasteiger partial charge in [-0.25, -0.2) is 9.36 Å². The summed E-state index contributed by atoms with van der Waals surface area (Å²) in [5, 5.41) is 27.4. The van der Waals surface area contributed by atoms with Gasteiger partial charge in [0, 0.05) is 32.1 Å². The fourth-order valence-electron chi connectivity index (χ4n) is 4.21. The highest BCUT2D eigenvalue weighted by atomic mass is 16.6. The molecule has 3 unspecified atom stereocenters. The number of hydrogen-bond acceptors (Lipinski definition) is 11. The lowest BCUT2D eigenvalue weighted by Gasteiger charge is -2.49. The number of ketones is 1. The standard InChI is InChI=1S/C24H30N6O7/c1-6-35-18(32)8-7-13-30-22(25-27-28-30)14-9-10-15-19(20(14)33)21(24(4,34)23(2,3)37-15)36-16-11-12-17(31)29(5)26-16/h9-12,14,21,34H,6-8,13H2,1-5H3. The third-order valence-corrected chi connectivity index (χ3v) is 6.68. The summed E-state index contributed by atoms with van der Waals surface area (Å²) < 4.78 is 19.6. The molecule has 0 amide bonds. The van der Waals surface area contributed by atoms with E-state index in [0.717, 1.165) is 4.68 Å². The Balaban J connectivity index is 1.65. The largest absolute Gasteiger partial charge is 0.484 e. The average Bonchev–Trinajstić information content (AvgIpc) is 3.28. The van der Waals surface area contributed by atoms with Gasteiger partial charge in [-0.15, -0.1) is 10.2 Å². The maximum atomic E-state index is 13.9. The van der Waals surface area contributed by atoms with Crippen molar-refractivity contribution in [2.45, 2.75) is 70.3 Å². The van der Waals surface area contributed by atoms with Crippen LogP contribution < -0.4 is 10.3 Å². The topological polar surface area (TPSA) is 161 Å². The Bertz CT molecular complexity index is 1320. The smallest absolute Gasteiger partial charge is 0.305 e. The Kier molecular flexibility index (Phi) is 7.00. The molecule has 2 aromatic heterocycles. The molecular weight excluding hydrogens is 484 g/mol. The number of nitrogens with zero attached hydrogens (tertiary/aromatic N) is 6. The second kappa shape index (κ2) is 9.88. The predicted molar refractivity (Wildman–Crippen MR) is 127 cm³/mol. The third-order valence-electron chi connectivity index (χ3n) is 6.68. The number of hydrogen-bond donors (Lipinski definition) is 1. The Morgan fingerprint density at radius 3 is 2.70 bits per heavy atom. The Hall–Kier alpha value is -3.87. The molecule has 0 aromatic carbocycles. The van der Waals surface area contributed by atoms with E-state index in [1.165, 1.54) is 30.8 Å². The van der Waals surface area contributed by atoms with Crippen LogP contribution in [-0.2, 0) is 32.7 Å². The Morgan fingerprint density at radius 2 is 2.00 bits per heavy atom. The molecule has 0 fully saturated rings. The fourth-order valence-corrected chi connectivity index (χ4v) is 4.21. The third kappa shape index (κ3) is 4.90. The van der Waals surface area contributed by atoms with E-state index in [1.807, 2.05) is 0 Å². The summed E-state index contributed by atoms with van der Waals surface area (Å²) in [5.41, 5.74) is -3.03. The molecule has 2 aliphatic rings. The first-order chi connectivity index (χ1) is 17.5. The zero-order valence-electron chi connectivity index (χ0n) is 21.4. The number of aliphatic hydroxyl groups is 1. The van der Waals surface area contributed by atoms with Gasteiger partial charge >= 0.3 is 5.97 Å². The molecule has 1 aliphatic heterocycles. The van der Waals surface area contributed by atoms with E-state index >= 15 is 0 Å². The van der Waals surface area contributed by atoms with Gasteiger partial charge in [0.1, 0.15) is 22.9 Å². The van der Waals surface area contributed by atoms with Crippen LogP contribution >= 0.6 is 0 Å². The normalized spacial score (nSPS) is 24.4. The molecule has 3 atom stereocenters. The SMILES string of the molecule is CCOC(=O)CCCn1nnnc1C1C=CC2=C(C1=O)C(Oc1ccc(=O)n(C)n1)C(C)(O)C(C)(C)O2. The quantitative estimate of drug-likeness (QED) is 0.491. The first-order valence-corrected chi connectivity index (χ1v) is 12.0. The van der Waals surface area contributed by atoms with E-state index in [9.17, 15) is 19.5 Å².